The van der Waals surface area contributed by atoms with Crippen LogP contribution in [0.25, 0.3) is 0 Å². The van der Waals surface area contributed by atoms with E-state index in [2.05, 4.69) is 12.2 Å². The summed E-state index contributed by atoms with van der Waals surface area (Å²) in [5.41, 5.74) is 3.13. The summed E-state index contributed by atoms with van der Waals surface area (Å²) < 4.78 is 0. The van der Waals surface area contributed by atoms with E-state index in [1.807, 2.05) is 36.9 Å². The number of hydrogen-bond acceptors (Lipinski definition) is 3. The second kappa shape index (κ2) is 7.92. The molecule has 1 aromatic carbocycles. The normalized spacial score (nSPS) is 10.8. The van der Waals surface area contributed by atoms with Crippen LogP contribution < -0.4 is 5.32 Å². The van der Waals surface area contributed by atoms with E-state index in [9.17, 15) is 4.79 Å². The van der Waals surface area contributed by atoms with E-state index in [0.717, 1.165) is 24.2 Å². The van der Waals surface area contributed by atoms with Gasteiger partial charge in [0.1, 0.15) is 0 Å². The van der Waals surface area contributed by atoms with Crippen LogP contribution in [0.4, 0.5) is 5.69 Å². The highest BCUT2D eigenvalue weighted by Crippen LogP contribution is 2.17. The number of anilines is 1. The molecule has 0 heterocycles. The fraction of sp³-hybridized carbons (Fsp3) is 0.533. The van der Waals surface area contributed by atoms with Gasteiger partial charge in [0.2, 0.25) is 5.91 Å². The number of carbonyl (C=O) groups excluding carboxylic acids is 1. The number of nitrogens with zero attached hydrogens (tertiary/aromatic N) is 1. The Morgan fingerprint density at radius 3 is 2.68 bits per heavy atom. The average Bonchev–Trinajstić information content (AvgIpc) is 2.35. The number of carbonyl (C=O) groups is 1. The first-order valence-electron chi connectivity index (χ1n) is 6.77. The lowest BCUT2D eigenvalue weighted by Gasteiger charge is -2.20. The number of hydrogen-bond donors (Lipinski definition) is 2. The summed E-state index contributed by atoms with van der Waals surface area (Å²) in [6.07, 6.45) is 0.969. The predicted octanol–water partition coefficient (Wildman–Crippen LogP) is 1.95. The number of aliphatic hydroxyl groups is 1. The van der Waals surface area contributed by atoms with Crippen molar-refractivity contribution in [3.63, 3.8) is 0 Å². The van der Waals surface area contributed by atoms with Crippen molar-refractivity contribution in [2.24, 2.45) is 0 Å². The fourth-order valence-corrected chi connectivity index (χ4v) is 2.01. The highest BCUT2D eigenvalue weighted by atomic mass is 16.3. The molecule has 0 spiro atoms. The van der Waals surface area contributed by atoms with E-state index < -0.39 is 0 Å². The maximum absolute atomic E-state index is 12.0. The van der Waals surface area contributed by atoms with Gasteiger partial charge >= 0.3 is 0 Å². The molecule has 0 aliphatic heterocycles. The number of nitrogens with one attached hydrogen (secondary N) is 1. The number of benzene rings is 1. The molecule has 1 rings (SSSR count). The highest BCUT2D eigenvalue weighted by Gasteiger charge is 2.11. The first-order valence-corrected chi connectivity index (χ1v) is 6.77. The van der Waals surface area contributed by atoms with Crippen molar-refractivity contribution < 1.29 is 9.90 Å². The van der Waals surface area contributed by atoms with Gasteiger partial charge in [-0.1, -0.05) is 19.1 Å². The van der Waals surface area contributed by atoms with Crippen LogP contribution in [0.5, 0.6) is 0 Å². The molecular weight excluding hydrogens is 240 g/mol. The molecular formula is C15H24N2O2. The van der Waals surface area contributed by atoms with Crippen molar-refractivity contribution in [1.82, 2.24) is 4.90 Å². The number of amides is 1. The smallest absolute Gasteiger partial charge is 0.238 e. The molecule has 19 heavy (non-hydrogen) atoms. The molecule has 1 amide bonds. The van der Waals surface area contributed by atoms with Crippen molar-refractivity contribution in [1.29, 1.82) is 0 Å². The Bertz CT molecular complexity index is 413. The van der Waals surface area contributed by atoms with Crippen molar-refractivity contribution >= 4 is 11.6 Å². The quantitative estimate of drug-likeness (QED) is 0.791. The van der Waals surface area contributed by atoms with Gasteiger partial charge in [0, 0.05) is 12.2 Å². The Morgan fingerprint density at radius 2 is 2.05 bits per heavy atom. The molecule has 0 aliphatic rings. The van der Waals surface area contributed by atoms with Crippen LogP contribution in [-0.4, -0.2) is 42.2 Å². The van der Waals surface area contributed by atoms with Gasteiger partial charge in [-0.15, -0.1) is 0 Å². The Balaban J connectivity index is 2.61. The van der Waals surface area contributed by atoms with Crippen molar-refractivity contribution in [2.75, 3.05) is 31.6 Å². The molecule has 0 fully saturated rings. The molecule has 2 N–H and O–H groups in total. The predicted molar refractivity (Wildman–Crippen MR) is 78.4 cm³/mol. The van der Waals surface area contributed by atoms with Crippen LogP contribution in [0.3, 0.4) is 0 Å². The third-order valence-electron chi connectivity index (χ3n) is 3.20. The molecule has 0 unspecified atom stereocenters. The Kier molecular flexibility index (Phi) is 6.53. The Labute approximate surface area is 115 Å². The molecule has 0 atom stereocenters. The summed E-state index contributed by atoms with van der Waals surface area (Å²) in [6, 6.07) is 5.88. The SMILES string of the molecule is CCCN(CCO)CC(=O)Nc1cccc(C)c1C. The minimum Gasteiger partial charge on any atom is -0.395 e. The first kappa shape index (κ1) is 15.7. The lowest BCUT2D eigenvalue weighted by Crippen LogP contribution is -2.35. The maximum atomic E-state index is 12.0. The first-order chi connectivity index (χ1) is 9.08. The maximum Gasteiger partial charge on any atom is 0.238 e. The van der Waals surface area contributed by atoms with Crippen LogP contribution in [0.2, 0.25) is 0 Å². The second-order valence-electron chi connectivity index (χ2n) is 4.80. The zero-order valence-electron chi connectivity index (χ0n) is 12.1. The Hall–Kier alpha value is -1.39. The summed E-state index contributed by atoms with van der Waals surface area (Å²) in [4.78, 5) is 14.0. The van der Waals surface area contributed by atoms with E-state index in [1.165, 1.54) is 5.56 Å². The Morgan fingerprint density at radius 1 is 1.32 bits per heavy atom. The zero-order valence-corrected chi connectivity index (χ0v) is 12.1. The second-order valence-corrected chi connectivity index (χ2v) is 4.80. The molecule has 106 valence electrons. The molecule has 0 aromatic heterocycles. The summed E-state index contributed by atoms with van der Waals surface area (Å²) in [7, 11) is 0. The van der Waals surface area contributed by atoms with Gasteiger partial charge in [0.25, 0.3) is 0 Å². The standard InChI is InChI=1S/C15H24N2O2/c1-4-8-17(9-10-18)11-15(19)16-14-7-5-6-12(2)13(14)3/h5-7,18H,4,8-11H2,1-3H3,(H,16,19). The van der Waals surface area contributed by atoms with E-state index in [-0.39, 0.29) is 12.5 Å². The largest absolute Gasteiger partial charge is 0.395 e. The van der Waals surface area contributed by atoms with Gasteiger partial charge in [-0.25, -0.2) is 0 Å². The molecule has 0 saturated heterocycles. The van der Waals surface area contributed by atoms with Gasteiger partial charge in [0.05, 0.1) is 13.2 Å². The molecule has 0 bridgehead atoms. The molecule has 1 aromatic rings. The fourth-order valence-electron chi connectivity index (χ4n) is 2.01. The van der Waals surface area contributed by atoms with Crippen molar-refractivity contribution in [3.05, 3.63) is 29.3 Å². The van der Waals surface area contributed by atoms with Crippen LogP contribution in [-0.2, 0) is 4.79 Å². The molecule has 0 aliphatic carbocycles. The minimum absolute atomic E-state index is 0.0319. The molecule has 4 heteroatoms. The van der Waals surface area contributed by atoms with Crippen LogP contribution in [0.15, 0.2) is 18.2 Å². The van der Waals surface area contributed by atoms with E-state index in [0.29, 0.717) is 13.1 Å². The highest BCUT2D eigenvalue weighted by molar-refractivity contribution is 5.93. The zero-order chi connectivity index (χ0) is 14.3. The molecule has 0 radical (unpaired) electrons. The lowest BCUT2D eigenvalue weighted by molar-refractivity contribution is -0.117. The summed E-state index contributed by atoms with van der Waals surface area (Å²) >= 11 is 0. The van der Waals surface area contributed by atoms with Gasteiger partial charge in [-0.2, -0.15) is 0 Å². The van der Waals surface area contributed by atoms with Gasteiger partial charge in [-0.3, -0.25) is 9.69 Å². The number of aliphatic hydroxyl groups excluding tert-OH is 1. The number of rotatable bonds is 7. The average molecular weight is 264 g/mol. The monoisotopic (exact) mass is 264 g/mol. The van der Waals surface area contributed by atoms with E-state index >= 15 is 0 Å². The van der Waals surface area contributed by atoms with Gasteiger partial charge < -0.3 is 10.4 Å². The summed E-state index contributed by atoms with van der Waals surface area (Å²) in [5.74, 6) is -0.0319. The van der Waals surface area contributed by atoms with Crippen molar-refractivity contribution in [2.45, 2.75) is 27.2 Å². The van der Waals surface area contributed by atoms with E-state index in [1.54, 1.807) is 0 Å². The molecule has 4 nitrogen and oxygen atoms in total. The third kappa shape index (κ3) is 5.01. The van der Waals surface area contributed by atoms with Crippen LogP contribution in [0.1, 0.15) is 24.5 Å². The minimum atomic E-state index is -0.0319. The third-order valence-corrected chi connectivity index (χ3v) is 3.20. The molecule has 0 saturated carbocycles. The lowest BCUT2D eigenvalue weighted by atomic mass is 10.1. The van der Waals surface area contributed by atoms with Crippen LogP contribution >= 0.6 is 0 Å². The van der Waals surface area contributed by atoms with E-state index in [4.69, 9.17) is 5.11 Å². The number of aryl methyl sites for hydroxylation is 1. The van der Waals surface area contributed by atoms with Crippen molar-refractivity contribution in [3.8, 4) is 0 Å². The summed E-state index contributed by atoms with van der Waals surface area (Å²) in [6.45, 7) is 7.85. The van der Waals surface area contributed by atoms with Gasteiger partial charge in [-0.05, 0) is 44.0 Å². The topological polar surface area (TPSA) is 52.6 Å². The summed E-state index contributed by atoms with van der Waals surface area (Å²) in [5, 5.41) is 11.9. The van der Waals surface area contributed by atoms with Crippen LogP contribution in [0, 0.1) is 13.8 Å². The van der Waals surface area contributed by atoms with Gasteiger partial charge in [0.15, 0.2) is 0 Å².